The van der Waals surface area contributed by atoms with Gasteiger partial charge in [-0.25, -0.2) is 4.79 Å². The second-order valence-electron chi connectivity index (χ2n) is 4.08. The van der Waals surface area contributed by atoms with Gasteiger partial charge in [0.1, 0.15) is 0 Å². The molecule has 2 atom stereocenters. The maximum absolute atomic E-state index is 11.8. The number of thioether (sulfide) groups is 1. The Balaban J connectivity index is 2.70. The quantitative estimate of drug-likeness (QED) is 0.694. The maximum Gasteiger partial charge on any atom is 0.330 e. The minimum Gasteiger partial charge on any atom is -0.479 e. The zero-order valence-corrected chi connectivity index (χ0v) is 11.5. The molecule has 0 fully saturated rings. The summed E-state index contributed by atoms with van der Waals surface area (Å²) in [5.41, 5.74) is 6.24. The molecule has 0 aliphatic rings. The van der Waals surface area contributed by atoms with Gasteiger partial charge in [0.15, 0.2) is 6.04 Å². The molecule has 0 aliphatic carbocycles. The Morgan fingerprint density at radius 3 is 2.53 bits per heavy atom. The molecule has 1 aromatic rings. The van der Waals surface area contributed by atoms with Gasteiger partial charge in [-0.05, 0) is 24.0 Å². The minimum atomic E-state index is -1.10. The Labute approximate surface area is 116 Å². The smallest absolute Gasteiger partial charge is 0.330 e. The first-order chi connectivity index (χ1) is 9.06. The number of rotatable bonds is 7. The van der Waals surface area contributed by atoms with E-state index in [4.69, 9.17) is 5.73 Å². The van der Waals surface area contributed by atoms with E-state index in [2.05, 4.69) is 5.32 Å². The molecule has 0 bridgehead atoms. The van der Waals surface area contributed by atoms with E-state index in [0.717, 1.165) is 5.75 Å². The molecule has 0 aromatic heterocycles. The van der Waals surface area contributed by atoms with Crippen LogP contribution in [0.1, 0.15) is 18.0 Å². The van der Waals surface area contributed by atoms with Gasteiger partial charge < -0.3 is 16.2 Å². The van der Waals surface area contributed by atoms with Crippen molar-refractivity contribution in [2.45, 2.75) is 18.5 Å². The molecule has 1 rings (SSSR count). The van der Waals surface area contributed by atoms with Gasteiger partial charge in [-0.1, -0.05) is 30.3 Å². The minimum absolute atomic E-state index is 0.440. The number of carbonyl (C=O) groups excluding carboxylic acids is 1. The highest BCUT2D eigenvalue weighted by Crippen LogP contribution is 2.13. The van der Waals surface area contributed by atoms with Gasteiger partial charge in [-0.3, -0.25) is 4.79 Å². The fourth-order valence-corrected chi connectivity index (χ4v) is 2.05. The van der Waals surface area contributed by atoms with Crippen LogP contribution >= 0.6 is 11.8 Å². The second kappa shape index (κ2) is 7.81. The summed E-state index contributed by atoms with van der Waals surface area (Å²) in [5.74, 6) is -0.778. The summed E-state index contributed by atoms with van der Waals surface area (Å²) in [6.45, 7) is 0. The molecule has 4 N–H and O–H groups in total. The van der Waals surface area contributed by atoms with Crippen molar-refractivity contribution in [3.8, 4) is 0 Å². The predicted molar refractivity (Wildman–Crippen MR) is 75.9 cm³/mol. The second-order valence-corrected chi connectivity index (χ2v) is 5.06. The van der Waals surface area contributed by atoms with Crippen LogP contribution in [0.4, 0.5) is 0 Å². The Morgan fingerprint density at radius 2 is 2.00 bits per heavy atom. The third kappa shape index (κ3) is 4.92. The van der Waals surface area contributed by atoms with E-state index < -0.39 is 24.0 Å². The van der Waals surface area contributed by atoms with Crippen molar-refractivity contribution in [2.75, 3.05) is 12.0 Å². The number of nitrogens with two attached hydrogens (primary N) is 1. The van der Waals surface area contributed by atoms with Crippen LogP contribution in [0.3, 0.4) is 0 Å². The largest absolute Gasteiger partial charge is 0.479 e. The van der Waals surface area contributed by atoms with Gasteiger partial charge in [0.2, 0.25) is 5.91 Å². The zero-order valence-electron chi connectivity index (χ0n) is 10.7. The predicted octanol–water partition coefficient (Wildman–Crippen LogP) is 1.01. The van der Waals surface area contributed by atoms with E-state index in [1.165, 1.54) is 0 Å². The summed E-state index contributed by atoms with van der Waals surface area (Å²) >= 11 is 1.59. The monoisotopic (exact) mass is 282 g/mol. The van der Waals surface area contributed by atoms with Crippen molar-refractivity contribution < 1.29 is 14.7 Å². The SMILES string of the molecule is CSCC[C@H](N)C(=O)N[C@H](C(=O)O)c1ccccc1. The van der Waals surface area contributed by atoms with Crippen molar-refractivity contribution in [1.82, 2.24) is 5.32 Å². The lowest BCUT2D eigenvalue weighted by molar-refractivity contribution is -0.142. The fourth-order valence-electron chi connectivity index (χ4n) is 1.56. The Hall–Kier alpha value is -1.53. The topological polar surface area (TPSA) is 92.4 Å². The van der Waals surface area contributed by atoms with Crippen LogP contribution in [0.25, 0.3) is 0 Å². The fraction of sp³-hybridized carbons (Fsp3) is 0.385. The van der Waals surface area contributed by atoms with E-state index in [1.807, 2.05) is 6.26 Å². The standard InChI is InChI=1S/C13H18N2O3S/c1-19-8-7-10(14)12(16)15-11(13(17)18)9-5-3-2-4-6-9/h2-6,10-11H,7-8,14H2,1H3,(H,15,16)(H,17,18)/t10-,11-/m0/s1. The molecule has 1 amide bonds. The third-order valence-corrected chi connectivity index (χ3v) is 3.28. The van der Waals surface area contributed by atoms with E-state index in [-0.39, 0.29) is 0 Å². The Morgan fingerprint density at radius 1 is 1.37 bits per heavy atom. The third-order valence-electron chi connectivity index (χ3n) is 2.64. The molecule has 1 aromatic carbocycles. The molecule has 0 aliphatic heterocycles. The van der Waals surface area contributed by atoms with Crippen LogP contribution in [0.15, 0.2) is 30.3 Å². The normalized spacial score (nSPS) is 13.6. The molecule has 0 saturated carbocycles. The van der Waals surface area contributed by atoms with Crippen LogP contribution in [0.5, 0.6) is 0 Å². The highest BCUT2D eigenvalue weighted by atomic mass is 32.2. The van der Waals surface area contributed by atoms with Crippen molar-refractivity contribution in [2.24, 2.45) is 5.73 Å². The number of hydrogen-bond donors (Lipinski definition) is 3. The summed E-state index contributed by atoms with van der Waals surface area (Å²) in [7, 11) is 0. The number of amides is 1. The molecule has 0 spiro atoms. The highest BCUT2D eigenvalue weighted by molar-refractivity contribution is 7.98. The average Bonchev–Trinajstić information content (AvgIpc) is 2.42. The van der Waals surface area contributed by atoms with E-state index in [9.17, 15) is 14.7 Å². The van der Waals surface area contributed by atoms with Crippen molar-refractivity contribution in [3.63, 3.8) is 0 Å². The summed E-state index contributed by atoms with van der Waals surface area (Å²) in [5, 5.41) is 11.6. The van der Waals surface area contributed by atoms with Gasteiger partial charge in [0.25, 0.3) is 0 Å². The molecule has 0 saturated heterocycles. The highest BCUT2D eigenvalue weighted by Gasteiger charge is 2.24. The first kappa shape index (κ1) is 15.5. The van der Waals surface area contributed by atoms with Crippen molar-refractivity contribution in [3.05, 3.63) is 35.9 Å². The van der Waals surface area contributed by atoms with Crippen LogP contribution in [0.2, 0.25) is 0 Å². The number of carbonyl (C=O) groups is 2. The molecule has 6 heteroatoms. The summed E-state index contributed by atoms with van der Waals surface area (Å²) < 4.78 is 0. The van der Waals surface area contributed by atoms with Gasteiger partial charge in [0.05, 0.1) is 6.04 Å². The number of hydrogen-bond acceptors (Lipinski definition) is 4. The number of carboxylic acids is 1. The van der Waals surface area contributed by atoms with Crippen LogP contribution in [-0.2, 0) is 9.59 Å². The summed E-state index contributed by atoms with van der Waals surface area (Å²) in [6.07, 6.45) is 2.45. The Kier molecular flexibility index (Phi) is 6.38. The van der Waals surface area contributed by atoms with E-state index >= 15 is 0 Å². The zero-order chi connectivity index (χ0) is 14.3. The average molecular weight is 282 g/mol. The Bertz CT molecular complexity index is 425. The van der Waals surface area contributed by atoms with Gasteiger partial charge in [0, 0.05) is 0 Å². The molecule has 0 heterocycles. The molecule has 0 unspecified atom stereocenters. The van der Waals surface area contributed by atoms with Crippen molar-refractivity contribution in [1.29, 1.82) is 0 Å². The van der Waals surface area contributed by atoms with Gasteiger partial charge >= 0.3 is 5.97 Å². The lowest BCUT2D eigenvalue weighted by Crippen LogP contribution is -2.44. The number of aliphatic carboxylic acids is 1. The molecule has 19 heavy (non-hydrogen) atoms. The number of benzene rings is 1. The van der Waals surface area contributed by atoms with E-state index in [1.54, 1.807) is 42.1 Å². The molecule has 104 valence electrons. The van der Waals surface area contributed by atoms with Gasteiger partial charge in [-0.2, -0.15) is 11.8 Å². The number of nitrogens with one attached hydrogen (secondary N) is 1. The maximum atomic E-state index is 11.8. The lowest BCUT2D eigenvalue weighted by atomic mass is 10.1. The first-order valence-corrected chi connectivity index (χ1v) is 7.28. The van der Waals surface area contributed by atoms with Crippen LogP contribution in [-0.4, -0.2) is 35.0 Å². The van der Waals surface area contributed by atoms with E-state index in [0.29, 0.717) is 12.0 Å². The van der Waals surface area contributed by atoms with Crippen LogP contribution in [0, 0.1) is 0 Å². The number of carboxylic acid groups (broad SMARTS) is 1. The lowest BCUT2D eigenvalue weighted by Gasteiger charge is -2.17. The summed E-state index contributed by atoms with van der Waals surface area (Å²) in [6, 6.07) is 6.82. The summed E-state index contributed by atoms with van der Waals surface area (Å²) in [4.78, 5) is 23.0. The molecular formula is C13H18N2O3S. The first-order valence-electron chi connectivity index (χ1n) is 5.89. The van der Waals surface area contributed by atoms with Crippen molar-refractivity contribution >= 4 is 23.6 Å². The van der Waals surface area contributed by atoms with Crippen LogP contribution < -0.4 is 11.1 Å². The molecular weight excluding hydrogens is 264 g/mol. The molecule has 5 nitrogen and oxygen atoms in total. The molecule has 0 radical (unpaired) electrons. The van der Waals surface area contributed by atoms with Gasteiger partial charge in [-0.15, -0.1) is 0 Å².